The summed E-state index contributed by atoms with van der Waals surface area (Å²) in [5.74, 6) is -0.852. The molecule has 0 aliphatic rings. The van der Waals surface area contributed by atoms with Crippen LogP contribution in [0.15, 0.2) is 36.5 Å². The van der Waals surface area contributed by atoms with Gasteiger partial charge >= 0.3 is 17.9 Å². The smallest absolute Gasteiger partial charge is 0.306 e. The Kier molecular flexibility index (Phi) is 65.1. The average Bonchev–Trinajstić information content (AvgIpc) is 3.44. The van der Waals surface area contributed by atoms with Crippen molar-refractivity contribution in [3.63, 3.8) is 0 Å². The number of unbranched alkanes of at least 4 members (excludes halogenated alkanes) is 48. The Morgan fingerprint density at radius 1 is 0.256 bits per heavy atom. The molecule has 78 heavy (non-hydrogen) atoms. The van der Waals surface area contributed by atoms with E-state index in [4.69, 9.17) is 14.2 Å². The second-order valence-corrected chi connectivity index (χ2v) is 23.8. The monoisotopic (exact) mass is 1100 g/mol. The molecule has 0 fully saturated rings. The number of esters is 3. The molecule has 6 heteroatoms. The lowest BCUT2D eigenvalue weighted by Crippen LogP contribution is -2.30. The van der Waals surface area contributed by atoms with Crippen LogP contribution in [-0.4, -0.2) is 37.2 Å². The molecular weight excluding hydrogens is 961 g/mol. The molecule has 0 saturated carbocycles. The first-order valence-electron chi connectivity index (χ1n) is 35.0. The van der Waals surface area contributed by atoms with Gasteiger partial charge in [-0.05, 0) is 77.0 Å². The van der Waals surface area contributed by atoms with E-state index in [2.05, 4.69) is 57.2 Å². The summed E-state index contributed by atoms with van der Waals surface area (Å²) in [5.41, 5.74) is 0. The summed E-state index contributed by atoms with van der Waals surface area (Å²) in [6.07, 6.45) is 83.1. The van der Waals surface area contributed by atoms with Crippen molar-refractivity contribution < 1.29 is 28.6 Å². The van der Waals surface area contributed by atoms with Crippen LogP contribution in [0.5, 0.6) is 0 Å². The third-order valence-electron chi connectivity index (χ3n) is 15.9. The average molecular weight is 1100 g/mol. The molecule has 0 aromatic rings. The second kappa shape index (κ2) is 67.1. The molecule has 1 unspecified atom stereocenters. The highest BCUT2D eigenvalue weighted by atomic mass is 16.6. The molecule has 0 spiro atoms. The zero-order valence-corrected chi connectivity index (χ0v) is 52.7. The van der Waals surface area contributed by atoms with Crippen molar-refractivity contribution in [3.8, 4) is 0 Å². The maximum atomic E-state index is 13.0. The van der Waals surface area contributed by atoms with Crippen molar-refractivity contribution in [2.75, 3.05) is 13.2 Å². The highest BCUT2D eigenvalue weighted by Crippen LogP contribution is 2.18. The number of carbonyl (C=O) groups is 3. The SMILES string of the molecule is CCCCCCC/C=C\C/C=C\CCCCCCCCCCCCCC(=O)OCC(COC(=O)CCCCCCC/C=C\CCCCCCCCC)OC(=O)CCCCCCCCCCCCCCCCCCCCCCC. The second-order valence-electron chi connectivity index (χ2n) is 23.8. The van der Waals surface area contributed by atoms with Crippen molar-refractivity contribution in [2.24, 2.45) is 0 Å². The van der Waals surface area contributed by atoms with E-state index in [1.54, 1.807) is 0 Å². The van der Waals surface area contributed by atoms with Crippen LogP contribution in [0.4, 0.5) is 0 Å². The standard InChI is InChI=1S/C72H134O6/c1-4-7-10-13-16-19-22-25-28-31-33-35-36-38-39-41-44-47-50-53-56-59-62-65-71(74)77-68-69(67-76-70(73)64-61-58-55-52-49-46-43-30-27-24-21-18-15-12-9-6-3)78-72(75)66-63-60-57-54-51-48-45-42-40-37-34-32-29-26-23-20-17-14-11-8-5-2/h22,25,30-31,33,43,69H,4-21,23-24,26-29,32,34-42,44-68H2,1-3H3/b25-22-,33-31-,43-30-. The third-order valence-corrected chi connectivity index (χ3v) is 15.9. The predicted octanol–water partition coefficient (Wildman–Crippen LogP) is 23.9. The lowest BCUT2D eigenvalue weighted by molar-refractivity contribution is -0.167. The molecule has 0 aromatic heterocycles. The van der Waals surface area contributed by atoms with E-state index in [-0.39, 0.29) is 31.1 Å². The summed E-state index contributed by atoms with van der Waals surface area (Å²) in [7, 11) is 0. The molecule has 0 heterocycles. The number of rotatable bonds is 65. The quantitative estimate of drug-likeness (QED) is 0.0261. The van der Waals surface area contributed by atoms with E-state index < -0.39 is 6.10 Å². The van der Waals surface area contributed by atoms with Crippen LogP contribution >= 0.6 is 0 Å². The minimum Gasteiger partial charge on any atom is -0.462 e. The van der Waals surface area contributed by atoms with Gasteiger partial charge < -0.3 is 14.2 Å². The summed E-state index contributed by atoms with van der Waals surface area (Å²) in [4.78, 5) is 38.4. The van der Waals surface area contributed by atoms with Crippen LogP contribution in [-0.2, 0) is 28.6 Å². The van der Waals surface area contributed by atoms with E-state index >= 15 is 0 Å². The van der Waals surface area contributed by atoms with Crippen LogP contribution in [0, 0.1) is 0 Å². The molecule has 458 valence electrons. The number of carbonyl (C=O) groups excluding carboxylic acids is 3. The van der Waals surface area contributed by atoms with Gasteiger partial charge in [0.05, 0.1) is 0 Å². The maximum Gasteiger partial charge on any atom is 0.306 e. The Morgan fingerprint density at radius 3 is 0.718 bits per heavy atom. The highest BCUT2D eigenvalue weighted by molar-refractivity contribution is 5.71. The third kappa shape index (κ3) is 64.5. The number of hydrogen-bond donors (Lipinski definition) is 0. The molecule has 0 bridgehead atoms. The van der Waals surface area contributed by atoms with E-state index in [0.29, 0.717) is 19.3 Å². The van der Waals surface area contributed by atoms with Gasteiger partial charge in [0.2, 0.25) is 0 Å². The molecule has 0 rings (SSSR count). The normalized spacial score (nSPS) is 12.2. The van der Waals surface area contributed by atoms with Crippen LogP contribution in [0.2, 0.25) is 0 Å². The lowest BCUT2D eigenvalue weighted by atomic mass is 10.0. The molecule has 0 aliphatic carbocycles. The molecule has 6 nitrogen and oxygen atoms in total. The fourth-order valence-corrected chi connectivity index (χ4v) is 10.6. The van der Waals surface area contributed by atoms with Crippen molar-refractivity contribution >= 4 is 17.9 Å². The zero-order chi connectivity index (χ0) is 56.4. The summed E-state index contributed by atoms with van der Waals surface area (Å²) >= 11 is 0. The molecule has 0 radical (unpaired) electrons. The molecule has 0 N–H and O–H groups in total. The van der Waals surface area contributed by atoms with E-state index in [0.717, 1.165) is 70.6 Å². The van der Waals surface area contributed by atoms with Crippen molar-refractivity contribution in [1.29, 1.82) is 0 Å². The molecule has 0 saturated heterocycles. The minimum absolute atomic E-state index is 0.0711. The van der Waals surface area contributed by atoms with Crippen molar-refractivity contribution in [2.45, 2.75) is 393 Å². The summed E-state index contributed by atoms with van der Waals surface area (Å²) < 4.78 is 17.0. The first kappa shape index (κ1) is 75.6. The van der Waals surface area contributed by atoms with Crippen LogP contribution in [0.3, 0.4) is 0 Å². The summed E-state index contributed by atoms with van der Waals surface area (Å²) in [6, 6.07) is 0. The van der Waals surface area contributed by atoms with Gasteiger partial charge in [-0.3, -0.25) is 14.4 Å². The van der Waals surface area contributed by atoms with Crippen molar-refractivity contribution in [1.82, 2.24) is 0 Å². The van der Waals surface area contributed by atoms with Gasteiger partial charge in [-0.2, -0.15) is 0 Å². The maximum absolute atomic E-state index is 13.0. The van der Waals surface area contributed by atoms with E-state index in [1.165, 1.54) is 276 Å². The van der Waals surface area contributed by atoms with Gasteiger partial charge in [-0.1, -0.05) is 327 Å². The fraction of sp³-hybridized carbons (Fsp3) is 0.875. The van der Waals surface area contributed by atoms with Gasteiger partial charge in [-0.15, -0.1) is 0 Å². The van der Waals surface area contributed by atoms with Crippen molar-refractivity contribution in [3.05, 3.63) is 36.5 Å². The molecule has 0 amide bonds. The Morgan fingerprint density at radius 2 is 0.462 bits per heavy atom. The van der Waals surface area contributed by atoms with Crippen LogP contribution < -0.4 is 0 Å². The molecular formula is C72H134O6. The predicted molar refractivity (Wildman–Crippen MR) is 339 cm³/mol. The highest BCUT2D eigenvalue weighted by Gasteiger charge is 2.19. The number of ether oxygens (including phenoxy) is 3. The van der Waals surface area contributed by atoms with Gasteiger partial charge in [0.1, 0.15) is 13.2 Å². The minimum atomic E-state index is -0.775. The van der Waals surface area contributed by atoms with Crippen LogP contribution in [0.25, 0.3) is 0 Å². The van der Waals surface area contributed by atoms with Gasteiger partial charge in [0.15, 0.2) is 6.10 Å². The van der Waals surface area contributed by atoms with Gasteiger partial charge in [-0.25, -0.2) is 0 Å². The Hall–Kier alpha value is -2.37. The molecule has 0 aromatic carbocycles. The first-order chi connectivity index (χ1) is 38.5. The summed E-state index contributed by atoms with van der Waals surface area (Å²) in [5, 5.41) is 0. The van der Waals surface area contributed by atoms with E-state index in [9.17, 15) is 14.4 Å². The Labute approximate surface area is 486 Å². The fourth-order valence-electron chi connectivity index (χ4n) is 10.6. The van der Waals surface area contributed by atoms with Gasteiger partial charge in [0, 0.05) is 19.3 Å². The zero-order valence-electron chi connectivity index (χ0n) is 52.7. The van der Waals surface area contributed by atoms with Gasteiger partial charge in [0.25, 0.3) is 0 Å². The topological polar surface area (TPSA) is 78.9 Å². The molecule has 1 atom stereocenters. The summed E-state index contributed by atoms with van der Waals surface area (Å²) in [6.45, 7) is 6.69. The van der Waals surface area contributed by atoms with E-state index in [1.807, 2.05) is 0 Å². The van der Waals surface area contributed by atoms with Crippen LogP contribution in [0.1, 0.15) is 387 Å². The lowest BCUT2D eigenvalue weighted by Gasteiger charge is -2.18. The first-order valence-corrected chi connectivity index (χ1v) is 35.0. The molecule has 0 aliphatic heterocycles. The number of allylic oxidation sites excluding steroid dienone is 6. The Bertz CT molecular complexity index is 1300. The Balaban J connectivity index is 4.30. The largest absolute Gasteiger partial charge is 0.462 e. The number of hydrogen-bond acceptors (Lipinski definition) is 6.